The molecule has 1 aliphatic rings. The molecule has 0 radical (unpaired) electrons. The molecule has 27 heavy (non-hydrogen) atoms. The second kappa shape index (κ2) is 6.99. The highest BCUT2D eigenvalue weighted by Crippen LogP contribution is 2.36. The van der Waals surface area contributed by atoms with Crippen molar-refractivity contribution in [2.24, 2.45) is 5.10 Å². The van der Waals surface area contributed by atoms with E-state index >= 15 is 0 Å². The van der Waals surface area contributed by atoms with E-state index in [-0.39, 0.29) is 23.5 Å². The van der Waals surface area contributed by atoms with E-state index in [0.29, 0.717) is 17.7 Å². The highest BCUT2D eigenvalue weighted by Gasteiger charge is 2.35. The molecule has 136 valence electrons. The number of nitrogens with zero attached hydrogens (tertiary/aromatic N) is 2. The molecule has 1 N–H and O–H groups in total. The number of phenols is 1. The van der Waals surface area contributed by atoms with Crippen LogP contribution in [0.25, 0.3) is 0 Å². The summed E-state index contributed by atoms with van der Waals surface area (Å²) in [6.45, 7) is 0. The van der Waals surface area contributed by atoms with Crippen molar-refractivity contribution in [3.05, 3.63) is 83.8 Å². The summed E-state index contributed by atoms with van der Waals surface area (Å²) in [5.74, 6) is 0.765. The maximum absolute atomic E-state index is 12.9. The SMILES string of the molecule is COc1ccc([C@@H]2CC(c3ccccc3O)=NN2C(=O)c2ccco2)cc1. The van der Waals surface area contributed by atoms with E-state index in [1.165, 1.54) is 11.3 Å². The lowest BCUT2D eigenvalue weighted by Crippen LogP contribution is -2.26. The Hall–Kier alpha value is -3.54. The van der Waals surface area contributed by atoms with E-state index in [4.69, 9.17) is 9.15 Å². The van der Waals surface area contributed by atoms with Gasteiger partial charge in [-0.15, -0.1) is 0 Å². The van der Waals surface area contributed by atoms with E-state index in [1.54, 1.807) is 37.4 Å². The Morgan fingerprint density at radius 2 is 1.93 bits per heavy atom. The molecule has 1 amide bonds. The number of hydrogen-bond acceptors (Lipinski definition) is 5. The predicted molar refractivity (Wildman–Crippen MR) is 99.9 cm³/mol. The minimum absolute atomic E-state index is 0.136. The van der Waals surface area contributed by atoms with Gasteiger partial charge < -0.3 is 14.3 Å². The van der Waals surface area contributed by atoms with Crippen LogP contribution in [0.2, 0.25) is 0 Å². The Morgan fingerprint density at radius 3 is 2.59 bits per heavy atom. The molecule has 4 rings (SSSR count). The van der Waals surface area contributed by atoms with Crippen LogP contribution in [0.5, 0.6) is 11.5 Å². The van der Waals surface area contributed by atoms with Gasteiger partial charge in [-0.1, -0.05) is 24.3 Å². The lowest BCUT2D eigenvalue weighted by Gasteiger charge is -2.21. The number of phenolic OH excluding ortho intramolecular Hbond substituents is 1. The Kier molecular flexibility index (Phi) is 4.38. The highest BCUT2D eigenvalue weighted by molar-refractivity contribution is 6.06. The molecule has 6 heteroatoms. The van der Waals surface area contributed by atoms with Gasteiger partial charge in [0, 0.05) is 12.0 Å². The van der Waals surface area contributed by atoms with Crippen LogP contribution < -0.4 is 4.74 Å². The molecule has 0 saturated carbocycles. The van der Waals surface area contributed by atoms with Gasteiger partial charge in [0.25, 0.3) is 0 Å². The summed E-state index contributed by atoms with van der Waals surface area (Å²) in [7, 11) is 1.61. The number of aromatic hydroxyl groups is 1. The molecule has 0 fully saturated rings. The lowest BCUT2D eigenvalue weighted by molar-refractivity contribution is 0.0678. The van der Waals surface area contributed by atoms with Crippen molar-refractivity contribution < 1.29 is 19.1 Å². The maximum atomic E-state index is 12.9. The summed E-state index contributed by atoms with van der Waals surface area (Å²) >= 11 is 0. The van der Waals surface area contributed by atoms with Crippen LogP contribution >= 0.6 is 0 Å². The maximum Gasteiger partial charge on any atom is 0.310 e. The number of ether oxygens (including phenoxy) is 1. The molecular weight excluding hydrogens is 344 g/mol. The fraction of sp³-hybridized carbons (Fsp3) is 0.143. The minimum atomic E-state index is -0.328. The van der Waals surface area contributed by atoms with Crippen LogP contribution in [0.1, 0.15) is 34.1 Å². The van der Waals surface area contributed by atoms with Crippen LogP contribution in [0, 0.1) is 0 Å². The third-order valence-corrected chi connectivity index (χ3v) is 4.57. The monoisotopic (exact) mass is 362 g/mol. The molecule has 6 nitrogen and oxygen atoms in total. The summed E-state index contributed by atoms with van der Waals surface area (Å²) < 4.78 is 10.5. The number of benzene rings is 2. The van der Waals surface area contributed by atoms with Crippen molar-refractivity contribution in [2.45, 2.75) is 12.5 Å². The smallest absolute Gasteiger partial charge is 0.310 e. The van der Waals surface area contributed by atoms with Crippen LogP contribution in [0.4, 0.5) is 0 Å². The first kappa shape index (κ1) is 16.9. The second-order valence-electron chi connectivity index (χ2n) is 6.18. The molecule has 1 atom stereocenters. The molecular formula is C21H18N2O4. The number of carbonyl (C=O) groups excluding carboxylic acids is 1. The molecule has 0 unspecified atom stereocenters. The topological polar surface area (TPSA) is 75.3 Å². The number of amides is 1. The fourth-order valence-corrected chi connectivity index (χ4v) is 3.18. The van der Waals surface area contributed by atoms with E-state index in [0.717, 1.165) is 11.3 Å². The third kappa shape index (κ3) is 3.17. The quantitative estimate of drug-likeness (QED) is 0.762. The molecule has 1 aromatic heterocycles. The van der Waals surface area contributed by atoms with Crippen LogP contribution in [0.15, 0.2) is 76.4 Å². The number of para-hydroxylation sites is 1. The first-order valence-electron chi connectivity index (χ1n) is 8.54. The van der Waals surface area contributed by atoms with Crippen molar-refractivity contribution in [1.82, 2.24) is 5.01 Å². The van der Waals surface area contributed by atoms with Gasteiger partial charge in [-0.25, -0.2) is 5.01 Å². The van der Waals surface area contributed by atoms with E-state index in [9.17, 15) is 9.90 Å². The van der Waals surface area contributed by atoms with Crippen molar-refractivity contribution in [3.8, 4) is 11.5 Å². The summed E-state index contributed by atoms with van der Waals surface area (Å²) in [5, 5.41) is 16.1. The summed E-state index contributed by atoms with van der Waals surface area (Å²) in [6.07, 6.45) is 1.94. The zero-order chi connectivity index (χ0) is 18.8. The Labute approximate surface area is 156 Å². The summed E-state index contributed by atoms with van der Waals surface area (Å²) in [5.41, 5.74) is 2.18. The number of furan rings is 1. The van der Waals surface area contributed by atoms with Crippen molar-refractivity contribution >= 4 is 11.6 Å². The molecule has 0 aliphatic carbocycles. The molecule has 0 saturated heterocycles. The van der Waals surface area contributed by atoms with Gasteiger partial charge in [0.15, 0.2) is 5.76 Å². The van der Waals surface area contributed by atoms with Gasteiger partial charge in [0.1, 0.15) is 11.5 Å². The molecule has 0 spiro atoms. The standard InChI is InChI=1S/C21H18N2O4/c1-26-15-10-8-14(9-11-15)18-13-17(16-5-2-3-6-19(16)24)22-23(18)21(25)20-7-4-12-27-20/h2-12,18,24H,13H2,1H3/t18-/m0/s1. The molecule has 1 aliphatic heterocycles. The predicted octanol–water partition coefficient (Wildman–Crippen LogP) is 3.99. The van der Waals surface area contributed by atoms with Gasteiger partial charge in [-0.05, 0) is 42.0 Å². The third-order valence-electron chi connectivity index (χ3n) is 4.57. The highest BCUT2D eigenvalue weighted by atomic mass is 16.5. The van der Waals surface area contributed by atoms with Gasteiger partial charge in [0.2, 0.25) is 0 Å². The molecule has 2 aromatic carbocycles. The molecule has 2 heterocycles. The van der Waals surface area contributed by atoms with Gasteiger partial charge in [-0.2, -0.15) is 5.10 Å². The Balaban J connectivity index is 1.73. The number of rotatable bonds is 4. The molecule has 3 aromatic rings. The average Bonchev–Trinajstić information content (AvgIpc) is 3.38. The van der Waals surface area contributed by atoms with Gasteiger partial charge in [0.05, 0.1) is 25.1 Å². The van der Waals surface area contributed by atoms with Crippen molar-refractivity contribution in [3.63, 3.8) is 0 Å². The molecule has 0 bridgehead atoms. The van der Waals surface area contributed by atoms with E-state index in [2.05, 4.69) is 5.10 Å². The normalized spacial score (nSPS) is 16.3. The van der Waals surface area contributed by atoms with Gasteiger partial charge >= 0.3 is 5.91 Å². The second-order valence-corrected chi connectivity index (χ2v) is 6.18. The summed E-state index contributed by atoms with van der Waals surface area (Å²) in [6, 6.07) is 17.5. The number of hydrogen-bond donors (Lipinski definition) is 1. The van der Waals surface area contributed by atoms with Crippen molar-refractivity contribution in [2.75, 3.05) is 7.11 Å². The van der Waals surface area contributed by atoms with E-state index < -0.39 is 0 Å². The summed E-state index contributed by atoms with van der Waals surface area (Å²) in [4.78, 5) is 12.9. The van der Waals surface area contributed by atoms with Crippen LogP contribution in [0.3, 0.4) is 0 Å². The van der Waals surface area contributed by atoms with Crippen LogP contribution in [-0.2, 0) is 0 Å². The fourth-order valence-electron chi connectivity index (χ4n) is 3.18. The largest absolute Gasteiger partial charge is 0.507 e. The average molecular weight is 362 g/mol. The Bertz CT molecular complexity index is 978. The van der Waals surface area contributed by atoms with Crippen molar-refractivity contribution in [1.29, 1.82) is 0 Å². The first-order valence-corrected chi connectivity index (χ1v) is 8.54. The van der Waals surface area contributed by atoms with Gasteiger partial charge in [-0.3, -0.25) is 4.79 Å². The lowest BCUT2D eigenvalue weighted by atomic mass is 9.98. The minimum Gasteiger partial charge on any atom is -0.507 e. The van der Waals surface area contributed by atoms with Crippen LogP contribution in [-0.4, -0.2) is 28.8 Å². The number of hydrazone groups is 1. The zero-order valence-electron chi connectivity index (χ0n) is 14.7. The number of carbonyl (C=O) groups is 1. The zero-order valence-corrected chi connectivity index (χ0v) is 14.7. The van der Waals surface area contributed by atoms with E-state index in [1.807, 2.05) is 30.3 Å². The first-order chi connectivity index (χ1) is 13.2. The number of methoxy groups -OCH3 is 1. The Morgan fingerprint density at radius 1 is 1.15 bits per heavy atom.